The molecule has 28 heavy (non-hydrogen) atoms. The zero-order valence-corrected chi connectivity index (χ0v) is 16.6. The maximum Gasteiger partial charge on any atom is 0.241 e. The topological polar surface area (TPSA) is 53.8 Å². The van der Waals surface area contributed by atoms with Gasteiger partial charge >= 0.3 is 0 Å². The smallest absolute Gasteiger partial charge is 0.241 e. The molecule has 1 saturated heterocycles. The van der Waals surface area contributed by atoms with E-state index in [-0.39, 0.29) is 23.9 Å². The van der Waals surface area contributed by atoms with Crippen LogP contribution in [0.2, 0.25) is 5.02 Å². The first-order chi connectivity index (χ1) is 13.4. The van der Waals surface area contributed by atoms with Crippen LogP contribution in [0.5, 0.6) is 0 Å². The number of hydrogen-bond donors (Lipinski definition) is 0. The maximum absolute atomic E-state index is 12.9. The molecule has 0 N–H and O–H groups in total. The Morgan fingerprint density at radius 2 is 1.96 bits per heavy atom. The first-order valence-electron chi connectivity index (χ1n) is 9.24. The maximum atomic E-state index is 12.9. The summed E-state index contributed by atoms with van der Waals surface area (Å²) in [7, 11) is 0. The Labute approximate surface area is 168 Å². The summed E-state index contributed by atoms with van der Waals surface area (Å²) >= 11 is 6.02. The third-order valence-corrected chi connectivity index (χ3v) is 5.40. The quantitative estimate of drug-likeness (QED) is 0.671. The molecule has 0 radical (unpaired) electrons. The van der Waals surface area contributed by atoms with Gasteiger partial charge in [-0.2, -0.15) is 0 Å². The number of rotatable bonds is 3. The van der Waals surface area contributed by atoms with Gasteiger partial charge in [-0.15, -0.1) is 0 Å². The lowest BCUT2D eigenvalue weighted by Crippen LogP contribution is -2.55. The van der Waals surface area contributed by atoms with Crippen molar-refractivity contribution in [2.24, 2.45) is 0 Å². The average Bonchev–Trinajstić information content (AvgIpc) is 2.65. The van der Waals surface area contributed by atoms with Crippen molar-refractivity contribution >= 4 is 34.2 Å². The molecule has 6 heteroatoms. The van der Waals surface area contributed by atoms with Gasteiger partial charge in [0.15, 0.2) is 5.43 Å². The molecule has 1 aliphatic heterocycles. The summed E-state index contributed by atoms with van der Waals surface area (Å²) < 4.78 is 5.60. The number of nitrogens with zero attached hydrogens (tertiary/aromatic N) is 2. The standard InChI is InChI=1S/C22H21ClN2O3/c1-14-5-3-4-6-19(14)25-15(2)10-24(12-21(25)26)11-16-13-28-20-8-7-17(23)9-18(20)22(16)27/h3-9,13,15H,10-12H2,1-2H3. The van der Waals surface area contributed by atoms with Crippen molar-refractivity contribution in [3.05, 3.63) is 75.1 Å². The number of aryl methyl sites for hydroxylation is 1. The molecule has 144 valence electrons. The van der Waals surface area contributed by atoms with Gasteiger partial charge in [0.1, 0.15) is 5.58 Å². The molecule has 2 heterocycles. The molecule has 0 saturated carbocycles. The Morgan fingerprint density at radius 3 is 2.71 bits per heavy atom. The molecule has 1 unspecified atom stereocenters. The highest BCUT2D eigenvalue weighted by molar-refractivity contribution is 6.31. The van der Waals surface area contributed by atoms with Crippen molar-refractivity contribution in [1.29, 1.82) is 0 Å². The number of halogens is 1. The molecule has 1 aliphatic rings. The molecular formula is C22H21ClN2O3. The number of para-hydroxylation sites is 1. The van der Waals surface area contributed by atoms with Crippen LogP contribution in [0.25, 0.3) is 11.0 Å². The fraction of sp³-hybridized carbons (Fsp3) is 0.273. The molecule has 1 atom stereocenters. The number of amides is 1. The summed E-state index contributed by atoms with van der Waals surface area (Å²) in [5.41, 5.74) is 2.94. The molecule has 1 aromatic heterocycles. The van der Waals surface area contributed by atoms with Gasteiger partial charge in [-0.25, -0.2) is 0 Å². The van der Waals surface area contributed by atoms with E-state index in [0.717, 1.165) is 11.3 Å². The highest BCUT2D eigenvalue weighted by Gasteiger charge is 2.31. The van der Waals surface area contributed by atoms with E-state index in [1.165, 1.54) is 6.26 Å². The van der Waals surface area contributed by atoms with Crippen molar-refractivity contribution < 1.29 is 9.21 Å². The molecule has 0 bridgehead atoms. The van der Waals surface area contributed by atoms with Crippen LogP contribution in [-0.2, 0) is 11.3 Å². The van der Waals surface area contributed by atoms with Crippen LogP contribution in [-0.4, -0.2) is 29.9 Å². The van der Waals surface area contributed by atoms with E-state index in [1.807, 2.05) is 47.9 Å². The van der Waals surface area contributed by atoms with Gasteiger partial charge in [-0.1, -0.05) is 29.8 Å². The minimum Gasteiger partial charge on any atom is -0.464 e. The van der Waals surface area contributed by atoms with E-state index >= 15 is 0 Å². The summed E-state index contributed by atoms with van der Waals surface area (Å²) in [4.78, 5) is 29.5. The van der Waals surface area contributed by atoms with E-state index in [2.05, 4.69) is 0 Å². The summed E-state index contributed by atoms with van der Waals surface area (Å²) in [6, 6.07) is 12.9. The Balaban J connectivity index is 1.57. The molecule has 1 amide bonds. The number of benzene rings is 2. The van der Waals surface area contributed by atoms with Crippen LogP contribution in [0.3, 0.4) is 0 Å². The zero-order chi connectivity index (χ0) is 19.8. The third-order valence-electron chi connectivity index (χ3n) is 5.17. The minimum absolute atomic E-state index is 0.00397. The SMILES string of the molecule is Cc1ccccc1N1C(=O)CN(Cc2coc3ccc(Cl)cc3c2=O)CC1C. The first-order valence-corrected chi connectivity index (χ1v) is 9.62. The van der Waals surface area contributed by atoms with Crippen molar-refractivity contribution in [2.75, 3.05) is 18.0 Å². The van der Waals surface area contributed by atoms with Gasteiger partial charge in [0.05, 0.1) is 18.2 Å². The van der Waals surface area contributed by atoms with E-state index in [9.17, 15) is 9.59 Å². The molecule has 1 fully saturated rings. The second kappa shape index (κ2) is 7.41. The number of fused-ring (bicyclic) bond motifs is 1. The Bertz CT molecular complexity index is 1110. The van der Waals surface area contributed by atoms with Gasteiger partial charge in [0, 0.05) is 35.4 Å². The van der Waals surface area contributed by atoms with Crippen LogP contribution < -0.4 is 10.3 Å². The van der Waals surface area contributed by atoms with Crippen LogP contribution in [0, 0.1) is 6.92 Å². The van der Waals surface area contributed by atoms with E-state index in [0.29, 0.717) is 34.6 Å². The fourth-order valence-corrected chi connectivity index (χ4v) is 4.02. The van der Waals surface area contributed by atoms with Crippen LogP contribution >= 0.6 is 11.6 Å². The minimum atomic E-state index is -0.106. The molecular weight excluding hydrogens is 376 g/mol. The van der Waals surface area contributed by atoms with E-state index in [4.69, 9.17) is 16.0 Å². The van der Waals surface area contributed by atoms with Crippen molar-refractivity contribution in [2.45, 2.75) is 26.4 Å². The summed E-state index contributed by atoms with van der Waals surface area (Å²) in [5, 5.41) is 0.954. The van der Waals surface area contributed by atoms with Crippen LogP contribution in [0.15, 0.2) is 57.9 Å². The number of carbonyl (C=O) groups excluding carboxylic acids is 1. The highest BCUT2D eigenvalue weighted by Crippen LogP contribution is 2.25. The lowest BCUT2D eigenvalue weighted by molar-refractivity contribution is -0.122. The predicted octanol–water partition coefficient (Wildman–Crippen LogP) is 3.99. The predicted molar refractivity (Wildman–Crippen MR) is 111 cm³/mol. The van der Waals surface area contributed by atoms with E-state index < -0.39 is 0 Å². The average molecular weight is 397 g/mol. The van der Waals surface area contributed by atoms with Gasteiger partial charge in [0.2, 0.25) is 5.91 Å². The zero-order valence-electron chi connectivity index (χ0n) is 15.8. The second-order valence-electron chi connectivity index (χ2n) is 7.30. The monoisotopic (exact) mass is 396 g/mol. The Morgan fingerprint density at radius 1 is 1.18 bits per heavy atom. The van der Waals surface area contributed by atoms with Crippen molar-refractivity contribution in [3.63, 3.8) is 0 Å². The highest BCUT2D eigenvalue weighted by atomic mass is 35.5. The fourth-order valence-electron chi connectivity index (χ4n) is 3.85. The lowest BCUT2D eigenvalue weighted by Gasteiger charge is -2.40. The molecule has 3 aromatic rings. The Hall–Kier alpha value is -2.63. The number of hydrogen-bond acceptors (Lipinski definition) is 4. The largest absolute Gasteiger partial charge is 0.464 e. The first kappa shape index (κ1) is 18.7. The lowest BCUT2D eigenvalue weighted by atomic mass is 10.1. The molecule has 5 nitrogen and oxygen atoms in total. The number of anilines is 1. The molecule has 4 rings (SSSR count). The van der Waals surface area contributed by atoms with Crippen LogP contribution in [0.1, 0.15) is 18.1 Å². The summed E-state index contributed by atoms with van der Waals surface area (Å²) in [5.74, 6) is 0.0290. The van der Waals surface area contributed by atoms with Gasteiger partial charge in [-0.05, 0) is 43.7 Å². The van der Waals surface area contributed by atoms with Crippen molar-refractivity contribution in [1.82, 2.24) is 4.90 Å². The van der Waals surface area contributed by atoms with Crippen molar-refractivity contribution in [3.8, 4) is 0 Å². The summed E-state index contributed by atoms with van der Waals surface area (Å²) in [6.07, 6.45) is 1.49. The second-order valence-corrected chi connectivity index (χ2v) is 7.74. The number of carbonyl (C=O) groups is 1. The van der Waals surface area contributed by atoms with Gasteiger partial charge in [-0.3, -0.25) is 14.5 Å². The van der Waals surface area contributed by atoms with Gasteiger partial charge < -0.3 is 9.32 Å². The molecule has 0 aliphatic carbocycles. The third kappa shape index (κ3) is 3.43. The van der Waals surface area contributed by atoms with E-state index in [1.54, 1.807) is 18.2 Å². The normalized spacial score (nSPS) is 18.0. The number of piperazine rings is 1. The Kier molecular flexibility index (Phi) is 4.96. The molecule has 2 aromatic carbocycles. The molecule has 0 spiro atoms. The van der Waals surface area contributed by atoms with Gasteiger partial charge in [0.25, 0.3) is 0 Å². The van der Waals surface area contributed by atoms with Crippen LogP contribution in [0.4, 0.5) is 5.69 Å². The summed E-state index contributed by atoms with van der Waals surface area (Å²) in [6.45, 7) is 5.33.